The van der Waals surface area contributed by atoms with Gasteiger partial charge in [-0.25, -0.2) is 0 Å². The van der Waals surface area contributed by atoms with Gasteiger partial charge in [-0.2, -0.15) is 0 Å². The van der Waals surface area contributed by atoms with Gasteiger partial charge < -0.3 is 5.32 Å². The van der Waals surface area contributed by atoms with Gasteiger partial charge in [0.1, 0.15) is 0 Å². The van der Waals surface area contributed by atoms with Gasteiger partial charge in [-0.3, -0.25) is 4.79 Å². The SMILES string of the molecule is Cc1ccc(C(C)NC(=O)C2CC=CCC2)cc1. The van der Waals surface area contributed by atoms with E-state index in [1.807, 2.05) is 6.92 Å². The second-order valence-electron chi connectivity index (χ2n) is 5.12. The van der Waals surface area contributed by atoms with Crippen LogP contribution in [0, 0.1) is 12.8 Å². The van der Waals surface area contributed by atoms with E-state index < -0.39 is 0 Å². The zero-order valence-corrected chi connectivity index (χ0v) is 11.1. The quantitative estimate of drug-likeness (QED) is 0.808. The summed E-state index contributed by atoms with van der Waals surface area (Å²) in [6.45, 7) is 4.11. The Morgan fingerprint density at radius 2 is 2.00 bits per heavy atom. The maximum Gasteiger partial charge on any atom is 0.223 e. The molecule has 1 amide bonds. The van der Waals surface area contributed by atoms with Crippen LogP contribution in [-0.2, 0) is 4.79 Å². The largest absolute Gasteiger partial charge is 0.349 e. The average Bonchev–Trinajstić information content (AvgIpc) is 2.40. The van der Waals surface area contributed by atoms with Crippen molar-refractivity contribution in [2.45, 2.75) is 39.2 Å². The fourth-order valence-corrected chi connectivity index (χ4v) is 2.30. The molecule has 0 aromatic heterocycles. The molecule has 0 bridgehead atoms. The van der Waals surface area contributed by atoms with Crippen molar-refractivity contribution in [3.05, 3.63) is 47.5 Å². The normalized spacial score (nSPS) is 20.4. The van der Waals surface area contributed by atoms with Gasteiger partial charge in [-0.1, -0.05) is 42.0 Å². The Balaban J connectivity index is 1.94. The number of benzene rings is 1. The number of hydrogen-bond donors (Lipinski definition) is 1. The Hall–Kier alpha value is -1.57. The Morgan fingerprint density at radius 1 is 1.28 bits per heavy atom. The Labute approximate surface area is 109 Å². The summed E-state index contributed by atoms with van der Waals surface area (Å²) >= 11 is 0. The van der Waals surface area contributed by atoms with E-state index in [2.05, 4.69) is 48.7 Å². The number of carbonyl (C=O) groups is 1. The molecule has 18 heavy (non-hydrogen) atoms. The molecule has 1 aromatic carbocycles. The van der Waals surface area contributed by atoms with Crippen LogP contribution in [0.3, 0.4) is 0 Å². The maximum absolute atomic E-state index is 12.1. The van der Waals surface area contributed by atoms with Crippen molar-refractivity contribution in [1.29, 1.82) is 0 Å². The minimum Gasteiger partial charge on any atom is -0.349 e. The first-order chi connectivity index (χ1) is 8.66. The van der Waals surface area contributed by atoms with Crippen LogP contribution in [0.4, 0.5) is 0 Å². The summed E-state index contributed by atoms with van der Waals surface area (Å²) < 4.78 is 0. The lowest BCUT2D eigenvalue weighted by atomic mass is 9.93. The predicted molar refractivity (Wildman–Crippen MR) is 74.2 cm³/mol. The molecule has 2 heteroatoms. The average molecular weight is 243 g/mol. The van der Waals surface area contributed by atoms with E-state index in [9.17, 15) is 4.79 Å². The highest BCUT2D eigenvalue weighted by atomic mass is 16.1. The lowest BCUT2D eigenvalue weighted by Gasteiger charge is -2.21. The first kappa shape index (κ1) is 12.9. The molecule has 2 nitrogen and oxygen atoms in total. The molecule has 1 aromatic rings. The molecule has 2 unspecified atom stereocenters. The maximum atomic E-state index is 12.1. The van der Waals surface area contributed by atoms with E-state index >= 15 is 0 Å². The van der Waals surface area contributed by atoms with Crippen molar-refractivity contribution in [2.24, 2.45) is 5.92 Å². The molecular weight excluding hydrogens is 222 g/mol. The van der Waals surface area contributed by atoms with Crippen LogP contribution >= 0.6 is 0 Å². The number of amides is 1. The van der Waals surface area contributed by atoms with Gasteiger partial charge >= 0.3 is 0 Å². The van der Waals surface area contributed by atoms with Gasteiger partial charge in [0.25, 0.3) is 0 Å². The number of rotatable bonds is 3. The lowest BCUT2D eigenvalue weighted by molar-refractivity contribution is -0.125. The van der Waals surface area contributed by atoms with E-state index in [4.69, 9.17) is 0 Å². The molecule has 0 heterocycles. The number of allylic oxidation sites excluding steroid dienone is 2. The van der Waals surface area contributed by atoms with E-state index in [0.717, 1.165) is 19.3 Å². The van der Waals surface area contributed by atoms with Crippen molar-refractivity contribution in [1.82, 2.24) is 5.32 Å². The molecule has 0 spiro atoms. The third kappa shape index (κ3) is 3.22. The fourth-order valence-electron chi connectivity index (χ4n) is 2.30. The standard InChI is InChI=1S/C16H21NO/c1-12-8-10-14(11-9-12)13(2)17-16(18)15-6-4-3-5-7-15/h3-4,8-11,13,15H,5-7H2,1-2H3,(H,17,18). The third-order valence-corrected chi connectivity index (χ3v) is 3.58. The number of aryl methyl sites for hydroxylation is 1. The number of hydrogen-bond acceptors (Lipinski definition) is 1. The van der Waals surface area contributed by atoms with Crippen LogP contribution in [-0.4, -0.2) is 5.91 Å². The van der Waals surface area contributed by atoms with Crippen LogP contribution in [0.2, 0.25) is 0 Å². The highest BCUT2D eigenvalue weighted by Gasteiger charge is 2.20. The molecule has 96 valence electrons. The number of nitrogens with one attached hydrogen (secondary N) is 1. The summed E-state index contributed by atoms with van der Waals surface area (Å²) in [6.07, 6.45) is 7.16. The zero-order valence-electron chi connectivity index (χ0n) is 11.1. The summed E-state index contributed by atoms with van der Waals surface area (Å²) in [7, 11) is 0. The molecule has 1 aliphatic carbocycles. The van der Waals surface area contributed by atoms with Crippen molar-refractivity contribution in [2.75, 3.05) is 0 Å². The minimum absolute atomic E-state index is 0.0870. The molecule has 2 rings (SSSR count). The topological polar surface area (TPSA) is 29.1 Å². The first-order valence-corrected chi connectivity index (χ1v) is 6.69. The van der Waals surface area contributed by atoms with Crippen LogP contribution < -0.4 is 5.32 Å². The first-order valence-electron chi connectivity index (χ1n) is 6.69. The summed E-state index contributed by atoms with van der Waals surface area (Å²) in [5, 5.41) is 3.11. The van der Waals surface area contributed by atoms with Gasteiger partial charge in [-0.15, -0.1) is 0 Å². The highest BCUT2D eigenvalue weighted by Crippen LogP contribution is 2.20. The van der Waals surface area contributed by atoms with Crippen LogP contribution in [0.5, 0.6) is 0 Å². The monoisotopic (exact) mass is 243 g/mol. The van der Waals surface area contributed by atoms with Gasteiger partial charge in [0.05, 0.1) is 6.04 Å². The van der Waals surface area contributed by atoms with Gasteiger partial charge in [0.2, 0.25) is 5.91 Å². The van der Waals surface area contributed by atoms with Gasteiger partial charge in [0.15, 0.2) is 0 Å². The lowest BCUT2D eigenvalue weighted by Crippen LogP contribution is -2.33. The van der Waals surface area contributed by atoms with Gasteiger partial charge in [0, 0.05) is 5.92 Å². The van der Waals surface area contributed by atoms with E-state index in [0.29, 0.717) is 0 Å². The molecule has 0 aliphatic heterocycles. The smallest absolute Gasteiger partial charge is 0.223 e. The summed E-state index contributed by atoms with van der Waals surface area (Å²) in [6, 6.07) is 8.43. The van der Waals surface area contributed by atoms with Crippen molar-refractivity contribution >= 4 is 5.91 Å². The summed E-state index contributed by atoms with van der Waals surface area (Å²) in [4.78, 5) is 12.1. The highest BCUT2D eigenvalue weighted by molar-refractivity contribution is 5.79. The molecule has 0 radical (unpaired) electrons. The predicted octanol–water partition coefficient (Wildman–Crippen LogP) is 3.53. The van der Waals surface area contributed by atoms with E-state index in [-0.39, 0.29) is 17.9 Å². The Kier molecular flexibility index (Phi) is 4.19. The number of carbonyl (C=O) groups excluding carboxylic acids is 1. The minimum atomic E-state index is 0.0870. The zero-order chi connectivity index (χ0) is 13.0. The molecule has 1 aliphatic rings. The van der Waals surface area contributed by atoms with E-state index in [1.54, 1.807) is 0 Å². The van der Waals surface area contributed by atoms with E-state index in [1.165, 1.54) is 11.1 Å². The van der Waals surface area contributed by atoms with Crippen molar-refractivity contribution in [3.63, 3.8) is 0 Å². The Morgan fingerprint density at radius 3 is 2.61 bits per heavy atom. The third-order valence-electron chi connectivity index (χ3n) is 3.58. The molecule has 2 atom stereocenters. The molecule has 1 N–H and O–H groups in total. The summed E-state index contributed by atoms with van der Waals surface area (Å²) in [5.74, 6) is 0.343. The van der Waals surface area contributed by atoms with Crippen LogP contribution in [0.15, 0.2) is 36.4 Å². The van der Waals surface area contributed by atoms with Gasteiger partial charge in [-0.05, 0) is 38.7 Å². The molecule has 0 saturated heterocycles. The molecular formula is C16H21NO. The Bertz CT molecular complexity index is 433. The summed E-state index contributed by atoms with van der Waals surface area (Å²) in [5.41, 5.74) is 2.41. The van der Waals surface area contributed by atoms with Crippen LogP contribution in [0.25, 0.3) is 0 Å². The van der Waals surface area contributed by atoms with Crippen LogP contribution in [0.1, 0.15) is 43.4 Å². The molecule has 0 saturated carbocycles. The molecule has 0 fully saturated rings. The fraction of sp³-hybridized carbons (Fsp3) is 0.438. The second-order valence-corrected chi connectivity index (χ2v) is 5.12. The van der Waals surface area contributed by atoms with Crippen molar-refractivity contribution < 1.29 is 4.79 Å². The van der Waals surface area contributed by atoms with Crippen molar-refractivity contribution in [3.8, 4) is 0 Å². The second kappa shape index (κ2) is 5.85.